The Morgan fingerprint density at radius 2 is 2.10 bits per heavy atom. The number of hydrogen-bond acceptors (Lipinski definition) is 1. The van der Waals surface area contributed by atoms with Gasteiger partial charge < -0.3 is 0 Å². The van der Waals surface area contributed by atoms with E-state index in [4.69, 9.17) is 23.2 Å². The van der Waals surface area contributed by atoms with Gasteiger partial charge in [0.25, 0.3) is 0 Å². The van der Waals surface area contributed by atoms with Gasteiger partial charge in [-0.15, -0.1) is 11.6 Å². The minimum absolute atomic E-state index is 0.201. The Bertz CT molecular complexity index is 610. The van der Waals surface area contributed by atoms with Crippen LogP contribution in [-0.2, 0) is 19.4 Å². The quantitative estimate of drug-likeness (QED) is 0.706. The summed E-state index contributed by atoms with van der Waals surface area (Å²) >= 11 is 12.4. The van der Waals surface area contributed by atoms with Crippen LogP contribution < -0.4 is 0 Å². The highest BCUT2D eigenvalue weighted by Crippen LogP contribution is 2.25. The van der Waals surface area contributed by atoms with Crippen LogP contribution >= 0.6 is 23.2 Å². The van der Waals surface area contributed by atoms with E-state index >= 15 is 0 Å². The van der Waals surface area contributed by atoms with Crippen LogP contribution in [0.4, 0.5) is 4.39 Å². The van der Waals surface area contributed by atoms with Crippen LogP contribution in [0.5, 0.6) is 0 Å². The standard InChI is InChI=1S/C16H19Cl2FN2/c1-3-21-15(16(18)11(2)20-21)9-13(10-17)7-12-5-4-6-14(19)8-12/h4-6,8,13H,3,7,9-10H2,1-2H3. The summed E-state index contributed by atoms with van der Waals surface area (Å²) in [5.74, 6) is 0.488. The first-order valence-electron chi connectivity index (χ1n) is 7.07. The Kier molecular flexibility index (Phi) is 5.65. The van der Waals surface area contributed by atoms with E-state index in [-0.39, 0.29) is 11.7 Å². The fraction of sp³-hybridized carbons (Fsp3) is 0.438. The van der Waals surface area contributed by atoms with Crippen LogP contribution in [0.3, 0.4) is 0 Å². The van der Waals surface area contributed by atoms with E-state index in [9.17, 15) is 4.39 Å². The molecule has 0 amide bonds. The predicted octanol–water partition coefficient (Wildman–Crippen LogP) is 4.64. The molecule has 0 spiro atoms. The van der Waals surface area contributed by atoms with E-state index in [0.29, 0.717) is 10.9 Å². The molecule has 114 valence electrons. The first kappa shape index (κ1) is 16.3. The number of halogens is 3. The predicted molar refractivity (Wildman–Crippen MR) is 85.7 cm³/mol. The van der Waals surface area contributed by atoms with Crippen LogP contribution in [0, 0.1) is 18.7 Å². The number of aryl methyl sites for hydroxylation is 2. The molecular formula is C16H19Cl2FN2. The monoisotopic (exact) mass is 328 g/mol. The highest BCUT2D eigenvalue weighted by atomic mass is 35.5. The number of benzene rings is 1. The molecule has 1 aromatic heterocycles. The Balaban J connectivity index is 2.16. The first-order chi connectivity index (χ1) is 10.0. The molecule has 0 aliphatic carbocycles. The van der Waals surface area contributed by atoms with Crippen molar-refractivity contribution >= 4 is 23.2 Å². The van der Waals surface area contributed by atoms with Crippen molar-refractivity contribution in [2.24, 2.45) is 5.92 Å². The zero-order valence-corrected chi connectivity index (χ0v) is 13.8. The fourth-order valence-corrected chi connectivity index (χ4v) is 2.95. The topological polar surface area (TPSA) is 17.8 Å². The molecule has 5 heteroatoms. The van der Waals surface area contributed by atoms with Gasteiger partial charge in [-0.25, -0.2) is 4.39 Å². The van der Waals surface area contributed by atoms with Gasteiger partial charge in [-0.05, 0) is 50.3 Å². The molecule has 0 bridgehead atoms. The zero-order valence-electron chi connectivity index (χ0n) is 12.2. The largest absolute Gasteiger partial charge is 0.268 e. The van der Waals surface area contributed by atoms with Gasteiger partial charge in [0.05, 0.1) is 16.4 Å². The van der Waals surface area contributed by atoms with Crippen LogP contribution in [0.15, 0.2) is 24.3 Å². The van der Waals surface area contributed by atoms with E-state index in [1.165, 1.54) is 6.07 Å². The summed E-state index contributed by atoms with van der Waals surface area (Å²) in [5, 5.41) is 5.13. The van der Waals surface area contributed by atoms with Crippen LogP contribution in [0.1, 0.15) is 23.9 Å². The Morgan fingerprint density at radius 3 is 2.71 bits per heavy atom. The van der Waals surface area contributed by atoms with Crippen molar-refractivity contribution in [1.29, 1.82) is 0 Å². The molecule has 1 unspecified atom stereocenters. The maximum atomic E-state index is 13.3. The van der Waals surface area contributed by atoms with Gasteiger partial charge in [-0.3, -0.25) is 4.68 Å². The van der Waals surface area contributed by atoms with Gasteiger partial charge in [-0.2, -0.15) is 5.10 Å². The molecule has 2 aromatic rings. The van der Waals surface area contributed by atoms with Crippen molar-refractivity contribution in [3.63, 3.8) is 0 Å². The molecule has 1 atom stereocenters. The highest BCUT2D eigenvalue weighted by Gasteiger charge is 2.18. The van der Waals surface area contributed by atoms with E-state index in [1.807, 2.05) is 24.6 Å². The van der Waals surface area contributed by atoms with E-state index in [2.05, 4.69) is 5.10 Å². The van der Waals surface area contributed by atoms with Crippen LogP contribution in [0.25, 0.3) is 0 Å². The lowest BCUT2D eigenvalue weighted by Crippen LogP contribution is -2.14. The lowest BCUT2D eigenvalue weighted by molar-refractivity contribution is 0.530. The second-order valence-corrected chi connectivity index (χ2v) is 5.91. The number of hydrogen-bond donors (Lipinski definition) is 0. The molecule has 21 heavy (non-hydrogen) atoms. The number of aromatic nitrogens is 2. The minimum atomic E-state index is -0.215. The summed E-state index contributed by atoms with van der Waals surface area (Å²) in [6, 6.07) is 6.66. The van der Waals surface area contributed by atoms with Crippen LogP contribution in [-0.4, -0.2) is 15.7 Å². The molecular weight excluding hydrogens is 310 g/mol. The van der Waals surface area contributed by atoms with Crippen molar-refractivity contribution < 1.29 is 4.39 Å². The summed E-state index contributed by atoms with van der Waals surface area (Å²) in [6.07, 6.45) is 1.47. The van der Waals surface area contributed by atoms with Gasteiger partial charge in [0.15, 0.2) is 0 Å². The molecule has 0 N–H and O–H groups in total. The summed E-state index contributed by atoms with van der Waals surface area (Å²) in [7, 11) is 0. The highest BCUT2D eigenvalue weighted by molar-refractivity contribution is 6.31. The van der Waals surface area contributed by atoms with Crippen molar-refractivity contribution in [1.82, 2.24) is 9.78 Å². The SMILES string of the molecule is CCn1nc(C)c(Cl)c1CC(CCl)Cc1cccc(F)c1. The second-order valence-electron chi connectivity index (χ2n) is 5.22. The third-order valence-electron chi connectivity index (χ3n) is 3.57. The summed E-state index contributed by atoms with van der Waals surface area (Å²) in [6.45, 7) is 4.71. The Morgan fingerprint density at radius 1 is 1.33 bits per heavy atom. The maximum absolute atomic E-state index is 13.3. The minimum Gasteiger partial charge on any atom is -0.268 e. The van der Waals surface area contributed by atoms with Crippen molar-refractivity contribution in [3.8, 4) is 0 Å². The molecule has 0 saturated carbocycles. The molecule has 0 aliphatic rings. The zero-order chi connectivity index (χ0) is 15.4. The van der Waals surface area contributed by atoms with Crippen molar-refractivity contribution in [2.75, 3.05) is 5.88 Å². The molecule has 1 heterocycles. The molecule has 2 nitrogen and oxygen atoms in total. The van der Waals surface area contributed by atoms with Gasteiger partial charge in [-0.1, -0.05) is 23.7 Å². The van der Waals surface area contributed by atoms with Gasteiger partial charge in [0.1, 0.15) is 5.82 Å². The van der Waals surface area contributed by atoms with Gasteiger partial charge in [0, 0.05) is 12.4 Å². The van der Waals surface area contributed by atoms with Crippen molar-refractivity contribution in [2.45, 2.75) is 33.2 Å². The lowest BCUT2D eigenvalue weighted by atomic mass is 9.96. The molecule has 2 rings (SSSR count). The number of rotatable bonds is 6. The Labute approximate surface area is 134 Å². The van der Waals surface area contributed by atoms with E-state index in [0.717, 1.165) is 36.3 Å². The average Bonchev–Trinajstić information content (AvgIpc) is 2.74. The summed E-state index contributed by atoms with van der Waals surface area (Å²) in [5.41, 5.74) is 2.81. The van der Waals surface area contributed by atoms with Gasteiger partial charge in [0.2, 0.25) is 0 Å². The number of alkyl halides is 1. The molecule has 1 aromatic carbocycles. The first-order valence-corrected chi connectivity index (χ1v) is 7.98. The maximum Gasteiger partial charge on any atom is 0.123 e. The Hall–Kier alpha value is -1.06. The van der Waals surface area contributed by atoms with E-state index in [1.54, 1.807) is 12.1 Å². The van der Waals surface area contributed by atoms with Gasteiger partial charge >= 0.3 is 0 Å². The number of nitrogens with zero attached hydrogens (tertiary/aromatic N) is 2. The summed E-state index contributed by atoms with van der Waals surface area (Å²) < 4.78 is 15.2. The third-order valence-corrected chi connectivity index (χ3v) is 4.49. The van der Waals surface area contributed by atoms with E-state index < -0.39 is 0 Å². The van der Waals surface area contributed by atoms with Crippen LogP contribution in [0.2, 0.25) is 5.02 Å². The molecule has 0 fully saturated rings. The summed E-state index contributed by atoms with van der Waals surface area (Å²) in [4.78, 5) is 0. The fourth-order valence-electron chi connectivity index (χ4n) is 2.52. The normalized spacial score (nSPS) is 12.6. The molecule has 0 radical (unpaired) electrons. The second kappa shape index (κ2) is 7.28. The smallest absolute Gasteiger partial charge is 0.123 e. The third kappa shape index (κ3) is 3.98. The van der Waals surface area contributed by atoms with Crippen molar-refractivity contribution in [3.05, 3.63) is 52.1 Å². The lowest BCUT2D eigenvalue weighted by Gasteiger charge is -2.15. The average molecular weight is 329 g/mol. The molecule has 0 saturated heterocycles. The molecule has 0 aliphatic heterocycles.